The zero-order valence-electron chi connectivity index (χ0n) is 30.6. The first-order valence-electron chi connectivity index (χ1n) is 19.2. The van der Waals surface area contributed by atoms with E-state index in [0.29, 0.717) is 17.5 Å². The van der Waals surface area contributed by atoms with Crippen molar-refractivity contribution in [2.45, 2.75) is 15.2 Å². The van der Waals surface area contributed by atoms with E-state index in [-0.39, 0.29) is 0 Å². The number of benzene rings is 8. The Morgan fingerprint density at radius 3 is 1.68 bits per heavy atom. The summed E-state index contributed by atoms with van der Waals surface area (Å²) >= 11 is 1.86. The predicted molar refractivity (Wildman–Crippen MR) is 230 cm³/mol. The van der Waals surface area contributed by atoms with E-state index in [0.717, 1.165) is 49.8 Å². The molecule has 8 aromatic carbocycles. The van der Waals surface area contributed by atoms with E-state index in [1.807, 2.05) is 66.4 Å². The van der Waals surface area contributed by atoms with Crippen molar-refractivity contribution in [3.05, 3.63) is 210 Å². The lowest BCUT2D eigenvalue weighted by Crippen LogP contribution is -2.31. The second-order valence-electron chi connectivity index (χ2n) is 14.7. The number of hydrogen-bond donors (Lipinski definition) is 0. The van der Waals surface area contributed by atoms with Crippen LogP contribution in [0, 0.1) is 0 Å². The van der Waals surface area contributed by atoms with Crippen LogP contribution >= 0.6 is 11.8 Å². The maximum absolute atomic E-state index is 6.26. The Kier molecular flexibility index (Phi) is 7.04. The average molecular weight is 746 g/mol. The van der Waals surface area contributed by atoms with Crippen molar-refractivity contribution < 1.29 is 4.42 Å². The summed E-state index contributed by atoms with van der Waals surface area (Å²) in [5.41, 5.74) is 14.2. The molecule has 0 amide bonds. The lowest BCUT2D eigenvalue weighted by Gasteiger charge is -2.39. The molecule has 266 valence electrons. The monoisotopic (exact) mass is 745 g/mol. The first kappa shape index (κ1) is 32.2. The molecule has 2 aliphatic rings. The summed E-state index contributed by atoms with van der Waals surface area (Å²) in [6.45, 7) is 0. The summed E-state index contributed by atoms with van der Waals surface area (Å²) in [5, 5.41) is 2.16. The van der Waals surface area contributed by atoms with E-state index < -0.39 is 5.41 Å². The van der Waals surface area contributed by atoms with Crippen LogP contribution < -0.4 is 0 Å². The third-order valence-electron chi connectivity index (χ3n) is 11.6. The molecule has 1 aliphatic heterocycles. The number of aromatic nitrogens is 3. The van der Waals surface area contributed by atoms with Gasteiger partial charge in [-0.2, -0.15) is 0 Å². The van der Waals surface area contributed by atoms with Gasteiger partial charge in [0.1, 0.15) is 11.2 Å². The number of fused-ring (bicyclic) bond motifs is 12. The van der Waals surface area contributed by atoms with Crippen LogP contribution in [0.1, 0.15) is 22.3 Å². The van der Waals surface area contributed by atoms with Crippen molar-refractivity contribution in [3.8, 4) is 56.4 Å². The predicted octanol–water partition coefficient (Wildman–Crippen LogP) is 13.3. The van der Waals surface area contributed by atoms with Gasteiger partial charge in [-0.15, -0.1) is 0 Å². The van der Waals surface area contributed by atoms with Gasteiger partial charge in [0.2, 0.25) is 0 Å². The molecule has 0 saturated carbocycles. The first-order valence-corrected chi connectivity index (χ1v) is 20.0. The van der Waals surface area contributed by atoms with Gasteiger partial charge in [-0.25, -0.2) is 15.0 Å². The molecule has 2 aromatic heterocycles. The molecule has 57 heavy (non-hydrogen) atoms. The van der Waals surface area contributed by atoms with E-state index in [9.17, 15) is 0 Å². The Morgan fingerprint density at radius 2 is 0.895 bits per heavy atom. The fourth-order valence-corrected chi connectivity index (χ4v) is 10.3. The SMILES string of the molecule is c1ccc(-c2nc(-c3cccc(-c4ccc5c(c4)Sc4ccccc4C54c5ccccc5-c5ccccc54)c3)nc(-c3ccc4c(c3)oc3ccccc34)n2)cc1. The third kappa shape index (κ3) is 4.86. The highest BCUT2D eigenvalue weighted by molar-refractivity contribution is 7.99. The van der Waals surface area contributed by atoms with E-state index in [4.69, 9.17) is 19.4 Å². The van der Waals surface area contributed by atoms with E-state index >= 15 is 0 Å². The first-order chi connectivity index (χ1) is 28.2. The van der Waals surface area contributed by atoms with Crippen molar-refractivity contribution in [3.63, 3.8) is 0 Å². The molecule has 3 heterocycles. The summed E-state index contributed by atoms with van der Waals surface area (Å²) in [5.74, 6) is 1.83. The molecule has 0 atom stereocenters. The largest absolute Gasteiger partial charge is 0.456 e. The van der Waals surface area contributed by atoms with Crippen LogP contribution in [-0.2, 0) is 5.41 Å². The molecule has 0 radical (unpaired) electrons. The van der Waals surface area contributed by atoms with Gasteiger partial charge in [-0.05, 0) is 80.9 Å². The Bertz CT molecular complexity index is 3200. The van der Waals surface area contributed by atoms with E-state index in [1.54, 1.807) is 0 Å². The number of nitrogens with zero attached hydrogens (tertiary/aromatic N) is 3. The summed E-state index contributed by atoms with van der Waals surface area (Å²) in [6.07, 6.45) is 0. The highest BCUT2D eigenvalue weighted by Crippen LogP contribution is 2.62. The molecular formula is C52H31N3OS. The van der Waals surface area contributed by atoms with Crippen LogP contribution in [0.25, 0.3) is 78.4 Å². The van der Waals surface area contributed by atoms with E-state index in [2.05, 4.69) is 133 Å². The zero-order valence-corrected chi connectivity index (χ0v) is 31.4. The highest BCUT2D eigenvalue weighted by Gasteiger charge is 2.50. The lowest BCUT2D eigenvalue weighted by molar-refractivity contribution is 0.669. The molecule has 1 spiro atoms. The number of hydrogen-bond acceptors (Lipinski definition) is 5. The third-order valence-corrected chi connectivity index (χ3v) is 12.7. The Balaban J connectivity index is 0.994. The Hall–Kier alpha value is -7.08. The molecule has 0 N–H and O–H groups in total. The Morgan fingerprint density at radius 1 is 0.351 bits per heavy atom. The van der Waals surface area contributed by atoms with Crippen molar-refractivity contribution >= 4 is 33.7 Å². The van der Waals surface area contributed by atoms with Gasteiger partial charge in [0.25, 0.3) is 0 Å². The maximum atomic E-state index is 6.26. The van der Waals surface area contributed by atoms with Crippen molar-refractivity contribution in [2.75, 3.05) is 0 Å². The number of rotatable bonds is 4. The second kappa shape index (κ2) is 12.5. The normalized spacial score (nSPS) is 13.3. The van der Waals surface area contributed by atoms with Gasteiger partial charge in [-0.1, -0.05) is 163 Å². The minimum absolute atomic E-state index is 0.398. The van der Waals surface area contributed by atoms with Gasteiger partial charge in [-0.3, -0.25) is 0 Å². The Labute approximate surface area is 333 Å². The van der Waals surface area contributed by atoms with Crippen LogP contribution in [0.4, 0.5) is 0 Å². The summed E-state index contributed by atoms with van der Waals surface area (Å²) in [7, 11) is 0. The summed E-state index contributed by atoms with van der Waals surface area (Å²) in [6, 6.07) is 66.9. The van der Waals surface area contributed by atoms with Crippen LogP contribution in [0.15, 0.2) is 202 Å². The number of para-hydroxylation sites is 1. The van der Waals surface area contributed by atoms with Crippen LogP contribution in [0.5, 0.6) is 0 Å². The van der Waals surface area contributed by atoms with Crippen LogP contribution in [-0.4, -0.2) is 15.0 Å². The molecule has 10 aromatic rings. The molecule has 0 unspecified atom stereocenters. The molecule has 4 nitrogen and oxygen atoms in total. The van der Waals surface area contributed by atoms with E-state index in [1.165, 1.54) is 43.2 Å². The minimum Gasteiger partial charge on any atom is -0.456 e. The second-order valence-corrected chi connectivity index (χ2v) is 15.8. The van der Waals surface area contributed by atoms with Crippen LogP contribution in [0.3, 0.4) is 0 Å². The van der Waals surface area contributed by atoms with Crippen LogP contribution in [0.2, 0.25) is 0 Å². The molecular weight excluding hydrogens is 715 g/mol. The molecule has 1 aliphatic carbocycles. The zero-order chi connectivity index (χ0) is 37.5. The molecule has 12 rings (SSSR count). The van der Waals surface area contributed by atoms with Gasteiger partial charge < -0.3 is 4.42 Å². The molecule has 0 saturated heterocycles. The minimum atomic E-state index is -0.398. The fourth-order valence-electron chi connectivity index (χ4n) is 9.09. The maximum Gasteiger partial charge on any atom is 0.164 e. The standard InChI is InChI=1S/C52H31N3OS/c1-2-13-32(14-3-1)49-53-50(55-51(54-49)36-25-27-40-39-19-6-10-23-45(39)56-46(40)30-36)35-16-12-15-33(29-35)34-26-28-44-48(31-34)57-47-24-11-9-22-43(47)52(44)41-20-7-4-17-37(41)38-18-5-8-21-42(38)52/h1-31H. The highest BCUT2D eigenvalue weighted by atomic mass is 32.2. The van der Waals surface area contributed by atoms with Crippen molar-refractivity contribution in [1.29, 1.82) is 0 Å². The number of furan rings is 1. The fraction of sp³-hybridized carbons (Fsp3) is 0.0192. The topological polar surface area (TPSA) is 51.8 Å². The lowest BCUT2D eigenvalue weighted by atomic mass is 9.67. The van der Waals surface area contributed by atoms with Gasteiger partial charge in [0, 0.05) is 37.3 Å². The summed E-state index contributed by atoms with van der Waals surface area (Å²) in [4.78, 5) is 17.7. The van der Waals surface area contributed by atoms with Gasteiger partial charge in [0.15, 0.2) is 17.5 Å². The summed E-state index contributed by atoms with van der Waals surface area (Å²) < 4.78 is 6.26. The molecule has 0 bridgehead atoms. The van der Waals surface area contributed by atoms with Gasteiger partial charge >= 0.3 is 0 Å². The smallest absolute Gasteiger partial charge is 0.164 e. The quantitative estimate of drug-likeness (QED) is 0.180. The van der Waals surface area contributed by atoms with Gasteiger partial charge in [0.05, 0.1) is 5.41 Å². The van der Waals surface area contributed by atoms with Crippen molar-refractivity contribution in [1.82, 2.24) is 15.0 Å². The molecule has 0 fully saturated rings. The average Bonchev–Trinajstić information content (AvgIpc) is 3.80. The molecule has 5 heteroatoms. The van der Waals surface area contributed by atoms with Crippen molar-refractivity contribution in [2.24, 2.45) is 0 Å².